The van der Waals surface area contributed by atoms with E-state index in [4.69, 9.17) is 9.47 Å². The van der Waals surface area contributed by atoms with Gasteiger partial charge in [-0.3, -0.25) is 0 Å². The first-order chi connectivity index (χ1) is 11.4. The van der Waals surface area contributed by atoms with Crippen LogP contribution in [0.25, 0.3) is 0 Å². The average molecular weight is 334 g/mol. The van der Waals surface area contributed by atoms with Crippen molar-refractivity contribution in [3.05, 3.63) is 29.8 Å². The summed E-state index contributed by atoms with van der Waals surface area (Å²) in [6.45, 7) is 10.2. The minimum absolute atomic E-state index is 0.0439. The molecule has 24 heavy (non-hydrogen) atoms. The summed E-state index contributed by atoms with van der Waals surface area (Å²) in [6.07, 6.45) is 1.71. The molecule has 0 bridgehead atoms. The van der Waals surface area contributed by atoms with Gasteiger partial charge in [0.15, 0.2) is 0 Å². The van der Waals surface area contributed by atoms with E-state index < -0.39 is 5.60 Å². The zero-order chi connectivity index (χ0) is 17.6. The Morgan fingerprint density at radius 2 is 1.88 bits per heavy atom. The highest BCUT2D eigenvalue weighted by atomic mass is 16.6. The Hall–Kier alpha value is -1.75. The molecule has 1 aliphatic rings. The van der Waals surface area contributed by atoms with Gasteiger partial charge in [0.05, 0.1) is 12.6 Å². The quantitative estimate of drug-likeness (QED) is 0.863. The Labute approximate surface area is 145 Å². The molecule has 2 N–H and O–H groups in total. The van der Waals surface area contributed by atoms with Crippen molar-refractivity contribution in [2.24, 2.45) is 5.92 Å². The lowest BCUT2D eigenvalue weighted by Crippen LogP contribution is -2.41. The van der Waals surface area contributed by atoms with Crippen LogP contribution in [-0.4, -0.2) is 31.4 Å². The maximum absolute atomic E-state index is 12.3. The lowest BCUT2D eigenvalue weighted by atomic mass is 9.86. The molecule has 1 aliphatic heterocycles. The van der Waals surface area contributed by atoms with Crippen LogP contribution in [0.2, 0.25) is 0 Å². The van der Waals surface area contributed by atoms with E-state index in [0.29, 0.717) is 12.5 Å². The molecule has 0 aliphatic carbocycles. The van der Waals surface area contributed by atoms with Gasteiger partial charge < -0.3 is 20.1 Å². The van der Waals surface area contributed by atoms with Gasteiger partial charge in [-0.2, -0.15) is 0 Å². The highest BCUT2D eigenvalue weighted by Gasteiger charge is 2.28. The molecule has 1 saturated heterocycles. The summed E-state index contributed by atoms with van der Waals surface area (Å²) in [5, 5.41) is 6.46. The van der Waals surface area contributed by atoms with Crippen molar-refractivity contribution in [3.8, 4) is 5.75 Å². The Morgan fingerprint density at radius 1 is 1.25 bits per heavy atom. The monoisotopic (exact) mass is 334 g/mol. The molecule has 1 fully saturated rings. The van der Waals surface area contributed by atoms with Crippen molar-refractivity contribution in [2.45, 2.75) is 52.2 Å². The van der Waals surface area contributed by atoms with Crippen LogP contribution < -0.4 is 15.4 Å². The molecule has 0 radical (unpaired) electrons. The van der Waals surface area contributed by atoms with Crippen molar-refractivity contribution < 1.29 is 14.3 Å². The topological polar surface area (TPSA) is 59.6 Å². The molecule has 1 atom stereocenters. The maximum atomic E-state index is 12.3. The third-order valence-electron chi connectivity index (χ3n) is 4.08. The highest BCUT2D eigenvalue weighted by Crippen LogP contribution is 2.30. The molecule has 1 amide bonds. The third kappa shape index (κ3) is 5.71. The Balaban J connectivity index is 2.14. The van der Waals surface area contributed by atoms with Gasteiger partial charge >= 0.3 is 6.09 Å². The number of nitrogens with one attached hydrogen (secondary N) is 2. The van der Waals surface area contributed by atoms with Crippen LogP contribution in [0.1, 0.15) is 52.1 Å². The van der Waals surface area contributed by atoms with E-state index in [1.807, 2.05) is 52.0 Å². The molecule has 1 aromatic carbocycles. The van der Waals surface area contributed by atoms with Gasteiger partial charge in [-0.1, -0.05) is 12.1 Å². The zero-order valence-electron chi connectivity index (χ0n) is 15.2. The number of piperidine rings is 1. The first-order valence-corrected chi connectivity index (χ1v) is 8.82. The molecule has 0 saturated carbocycles. The fraction of sp³-hybridized carbons (Fsp3) is 0.632. The molecular formula is C19H30N2O3. The van der Waals surface area contributed by atoms with Crippen molar-refractivity contribution in [2.75, 3.05) is 19.7 Å². The second kappa shape index (κ2) is 8.38. The van der Waals surface area contributed by atoms with Crippen molar-refractivity contribution in [3.63, 3.8) is 0 Å². The minimum atomic E-state index is -0.498. The predicted molar refractivity (Wildman–Crippen MR) is 95.3 cm³/mol. The minimum Gasteiger partial charge on any atom is -0.494 e. The number of carbonyl (C=O) groups excluding carboxylic acids is 1. The number of hydrogen-bond acceptors (Lipinski definition) is 4. The van der Waals surface area contributed by atoms with E-state index in [0.717, 1.165) is 37.2 Å². The van der Waals surface area contributed by atoms with E-state index in [1.165, 1.54) is 0 Å². The molecule has 134 valence electrons. The van der Waals surface area contributed by atoms with Gasteiger partial charge in [-0.25, -0.2) is 4.79 Å². The van der Waals surface area contributed by atoms with E-state index in [1.54, 1.807) is 0 Å². The van der Waals surface area contributed by atoms with E-state index in [-0.39, 0.29) is 12.1 Å². The summed E-state index contributed by atoms with van der Waals surface area (Å²) in [4.78, 5) is 12.3. The van der Waals surface area contributed by atoms with E-state index >= 15 is 0 Å². The second-order valence-corrected chi connectivity index (χ2v) is 7.21. The number of carbonyl (C=O) groups is 1. The number of ether oxygens (including phenoxy) is 2. The summed E-state index contributed by atoms with van der Waals surface area (Å²) in [5.41, 5.74) is 0.595. The summed E-state index contributed by atoms with van der Waals surface area (Å²) in [7, 11) is 0. The van der Waals surface area contributed by atoms with Crippen LogP contribution in [0.15, 0.2) is 24.3 Å². The number of alkyl carbamates (subject to hydrolysis) is 1. The number of benzene rings is 1. The van der Waals surface area contributed by atoms with Crippen molar-refractivity contribution in [1.29, 1.82) is 0 Å². The summed E-state index contributed by atoms with van der Waals surface area (Å²) < 4.78 is 11.0. The molecule has 1 heterocycles. The molecule has 1 unspecified atom stereocenters. The Kier molecular flexibility index (Phi) is 6.49. The van der Waals surface area contributed by atoms with E-state index in [9.17, 15) is 4.79 Å². The second-order valence-electron chi connectivity index (χ2n) is 7.21. The largest absolute Gasteiger partial charge is 0.494 e. The average Bonchev–Trinajstić information content (AvgIpc) is 2.53. The summed E-state index contributed by atoms with van der Waals surface area (Å²) in [5.74, 6) is 1.25. The fourth-order valence-electron chi connectivity index (χ4n) is 3.02. The standard InChI is InChI=1S/C19H30N2O3/c1-5-23-16-8-6-14(7-9-16)17(15-10-12-20-13-11-15)21-18(22)24-19(2,3)4/h6-9,15,17,20H,5,10-13H2,1-4H3,(H,21,22). The Morgan fingerprint density at radius 3 is 2.42 bits per heavy atom. The van der Waals surface area contributed by atoms with Crippen LogP contribution in [0, 0.1) is 5.92 Å². The lowest BCUT2D eigenvalue weighted by molar-refractivity contribution is 0.0477. The fourth-order valence-corrected chi connectivity index (χ4v) is 3.02. The van der Waals surface area contributed by atoms with Gasteiger partial charge in [0.2, 0.25) is 0 Å². The van der Waals surface area contributed by atoms with Crippen molar-refractivity contribution in [1.82, 2.24) is 10.6 Å². The Bertz CT molecular complexity index is 516. The smallest absolute Gasteiger partial charge is 0.408 e. The van der Waals surface area contributed by atoms with E-state index in [2.05, 4.69) is 10.6 Å². The molecule has 0 spiro atoms. The first kappa shape index (κ1) is 18.6. The van der Waals surface area contributed by atoms with Crippen LogP contribution in [-0.2, 0) is 4.74 Å². The summed E-state index contributed by atoms with van der Waals surface area (Å²) >= 11 is 0. The third-order valence-corrected chi connectivity index (χ3v) is 4.08. The van der Waals surface area contributed by atoms with Crippen molar-refractivity contribution >= 4 is 6.09 Å². The van der Waals surface area contributed by atoms with Gasteiger partial charge in [-0.15, -0.1) is 0 Å². The predicted octanol–water partition coefficient (Wildman–Crippen LogP) is 3.65. The summed E-state index contributed by atoms with van der Waals surface area (Å²) in [6, 6.07) is 7.95. The normalized spacial score (nSPS) is 17.2. The van der Waals surface area contributed by atoms with Gasteiger partial charge in [-0.05, 0) is 77.2 Å². The number of amides is 1. The molecule has 1 aromatic rings. The first-order valence-electron chi connectivity index (χ1n) is 8.82. The van der Waals surface area contributed by atoms with Gasteiger partial charge in [0.25, 0.3) is 0 Å². The molecule has 5 nitrogen and oxygen atoms in total. The highest BCUT2D eigenvalue weighted by molar-refractivity contribution is 5.68. The molecule has 2 rings (SSSR count). The van der Waals surface area contributed by atoms with Crippen LogP contribution in [0.5, 0.6) is 5.75 Å². The molecular weight excluding hydrogens is 304 g/mol. The van der Waals surface area contributed by atoms with Crippen LogP contribution >= 0.6 is 0 Å². The van der Waals surface area contributed by atoms with Crippen LogP contribution in [0.4, 0.5) is 4.79 Å². The maximum Gasteiger partial charge on any atom is 0.408 e. The zero-order valence-corrected chi connectivity index (χ0v) is 15.2. The SMILES string of the molecule is CCOc1ccc(C(NC(=O)OC(C)(C)C)C2CCNCC2)cc1. The lowest BCUT2D eigenvalue weighted by Gasteiger charge is -2.32. The molecule has 0 aromatic heterocycles. The van der Waals surface area contributed by atoms with Gasteiger partial charge in [0.1, 0.15) is 11.4 Å². The molecule has 5 heteroatoms. The van der Waals surface area contributed by atoms with Crippen LogP contribution in [0.3, 0.4) is 0 Å². The van der Waals surface area contributed by atoms with Gasteiger partial charge in [0, 0.05) is 0 Å². The number of hydrogen-bond donors (Lipinski definition) is 2. The number of rotatable bonds is 5.